The van der Waals surface area contributed by atoms with E-state index in [-0.39, 0.29) is 21.5 Å². The first kappa shape index (κ1) is 11.4. The molecule has 0 aromatic heterocycles. The Morgan fingerprint density at radius 3 is 2.58 bits per heavy atom. The van der Waals surface area contributed by atoms with E-state index in [9.17, 15) is 4.79 Å². The van der Waals surface area contributed by atoms with Crippen molar-refractivity contribution in [2.75, 3.05) is 7.11 Å². The van der Waals surface area contributed by atoms with Crippen LogP contribution >= 0.6 is 0 Å². The lowest BCUT2D eigenvalue weighted by Crippen LogP contribution is -2.25. The van der Waals surface area contributed by atoms with Crippen LogP contribution < -0.4 is 0 Å². The predicted molar refractivity (Wildman–Crippen MR) is 47.7 cm³/mol. The van der Waals surface area contributed by atoms with Crippen LogP contribution in [0.3, 0.4) is 0 Å². The van der Waals surface area contributed by atoms with Gasteiger partial charge in [-0.25, -0.2) is 4.79 Å². The van der Waals surface area contributed by atoms with Gasteiger partial charge in [-0.05, 0) is 13.3 Å². The molecule has 0 N–H and O–H groups in total. The fraction of sp³-hybridized carbons (Fsp3) is 0.625. The maximum absolute atomic E-state index is 11.0. The quantitative estimate of drug-likeness (QED) is 0.366. The SMILES string of the molecule is C=C(C)C(=O)OC(CC)[Si]OC. The molecule has 0 spiro atoms. The van der Waals surface area contributed by atoms with Crippen LogP contribution in [-0.4, -0.2) is 28.6 Å². The molecule has 0 aromatic rings. The van der Waals surface area contributed by atoms with Gasteiger partial charge in [-0.15, -0.1) is 0 Å². The molecular weight excluding hydrogens is 172 g/mol. The Bertz CT molecular complexity index is 168. The third-order valence-corrected chi connectivity index (χ3v) is 2.24. The average Bonchev–Trinajstić information content (AvgIpc) is 2.03. The number of hydrogen-bond donors (Lipinski definition) is 0. The van der Waals surface area contributed by atoms with Crippen molar-refractivity contribution in [3.05, 3.63) is 12.2 Å². The fourth-order valence-corrected chi connectivity index (χ4v) is 1.14. The van der Waals surface area contributed by atoms with Crippen molar-refractivity contribution in [2.24, 2.45) is 0 Å². The van der Waals surface area contributed by atoms with E-state index in [2.05, 4.69) is 6.58 Å². The normalized spacial score (nSPS) is 12.2. The molecule has 2 radical (unpaired) electrons. The molecule has 0 bridgehead atoms. The van der Waals surface area contributed by atoms with Gasteiger partial charge in [-0.2, -0.15) is 0 Å². The van der Waals surface area contributed by atoms with Gasteiger partial charge < -0.3 is 9.16 Å². The summed E-state index contributed by atoms with van der Waals surface area (Å²) in [6.07, 6.45) is 0.769. The summed E-state index contributed by atoms with van der Waals surface area (Å²) in [7, 11) is 1.80. The van der Waals surface area contributed by atoms with Crippen molar-refractivity contribution in [1.29, 1.82) is 0 Å². The Hall–Kier alpha value is -0.613. The molecule has 12 heavy (non-hydrogen) atoms. The van der Waals surface area contributed by atoms with Gasteiger partial charge in [0.05, 0.1) is 0 Å². The summed E-state index contributed by atoms with van der Waals surface area (Å²) in [5, 5.41) is 0. The highest BCUT2D eigenvalue weighted by Crippen LogP contribution is 2.01. The third-order valence-electron chi connectivity index (χ3n) is 1.22. The van der Waals surface area contributed by atoms with E-state index in [1.165, 1.54) is 0 Å². The van der Waals surface area contributed by atoms with Crippen LogP contribution in [0.5, 0.6) is 0 Å². The van der Waals surface area contributed by atoms with Crippen molar-refractivity contribution in [3.63, 3.8) is 0 Å². The van der Waals surface area contributed by atoms with E-state index >= 15 is 0 Å². The Labute approximate surface area is 75.7 Å². The minimum absolute atomic E-state index is 0.126. The van der Waals surface area contributed by atoms with E-state index in [4.69, 9.17) is 9.16 Å². The molecule has 0 saturated carbocycles. The summed E-state index contributed by atoms with van der Waals surface area (Å²) in [6.45, 7) is 7.07. The first-order valence-corrected chi connectivity index (χ1v) is 4.75. The second-order valence-electron chi connectivity index (χ2n) is 2.40. The topological polar surface area (TPSA) is 35.5 Å². The minimum Gasteiger partial charge on any atom is -0.460 e. The molecule has 0 rings (SSSR count). The first-order valence-electron chi connectivity index (χ1n) is 3.76. The highest BCUT2D eigenvalue weighted by Gasteiger charge is 2.14. The van der Waals surface area contributed by atoms with Crippen LogP contribution in [0.1, 0.15) is 20.3 Å². The molecule has 1 unspecified atom stereocenters. The Balaban J connectivity index is 3.85. The molecule has 1 atom stereocenters. The molecule has 4 heteroatoms. The van der Waals surface area contributed by atoms with E-state index in [0.717, 1.165) is 6.42 Å². The summed E-state index contributed by atoms with van der Waals surface area (Å²) in [5.74, 6) is -0.341. The largest absolute Gasteiger partial charge is 0.460 e. The van der Waals surface area contributed by atoms with Gasteiger partial charge in [-0.1, -0.05) is 13.5 Å². The molecule has 0 aliphatic rings. The zero-order chi connectivity index (χ0) is 9.56. The van der Waals surface area contributed by atoms with Gasteiger partial charge in [0.25, 0.3) is 9.76 Å². The highest BCUT2D eigenvalue weighted by atomic mass is 28.2. The molecule has 0 fully saturated rings. The van der Waals surface area contributed by atoms with Crippen molar-refractivity contribution in [3.8, 4) is 0 Å². The molecule has 0 saturated heterocycles. The lowest BCUT2D eigenvalue weighted by Gasteiger charge is -2.13. The molecule has 0 heterocycles. The number of carbonyl (C=O) groups is 1. The molecule has 0 aromatic carbocycles. The first-order chi connectivity index (χ1) is 5.61. The van der Waals surface area contributed by atoms with E-state index in [0.29, 0.717) is 5.57 Å². The second-order valence-corrected chi connectivity index (χ2v) is 3.69. The molecule has 0 aliphatic carbocycles. The molecular formula is C8H14O3Si. The van der Waals surface area contributed by atoms with Gasteiger partial charge in [0.1, 0.15) is 5.73 Å². The lowest BCUT2D eigenvalue weighted by molar-refractivity contribution is -0.141. The zero-order valence-electron chi connectivity index (χ0n) is 7.72. The number of carbonyl (C=O) groups excluding carboxylic acids is 1. The fourth-order valence-electron chi connectivity index (χ4n) is 0.552. The summed E-state index contributed by atoms with van der Waals surface area (Å²) in [6, 6.07) is 0. The monoisotopic (exact) mass is 186 g/mol. The lowest BCUT2D eigenvalue weighted by atomic mass is 10.4. The molecule has 0 amide bonds. The third kappa shape index (κ3) is 4.30. The van der Waals surface area contributed by atoms with E-state index in [1.54, 1.807) is 14.0 Å². The van der Waals surface area contributed by atoms with Gasteiger partial charge >= 0.3 is 5.97 Å². The predicted octanol–water partition coefficient (Wildman–Crippen LogP) is 1.11. The Morgan fingerprint density at radius 1 is 1.67 bits per heavy atom. The summed E-state index contributed by atoms with van der Waals surface area (Å²) in [4.78, 5) is 11.0. The van der Waals surface area contributed by atoms with Crippen LogP contribution in [0.4, 0.5) is 0 Å². The molecule has 0 aliphatic heterocycles. The van der Waals surface area contributed by atoms with E-state index in [1.807, 2.05) is 6.92 Å². The molecule has 3 nitrogen and oxygen atoms in total. The maximum Gasteiger partial charge on any atom is 0.333 e. The second kappa shape index (κ2) is 5.96. The van der Waals surface area contributed by atoms with Gasteiger partial charge in [0.15, 0.2) is 0 Å². The Kier molecular flexibility index (Phi) is 5.66. The summed E-state index contributed by atoms with van der Waals surface area (Å²) in [5.41, 5.74) is 0.300. The standard InChI is InChI=1S/C8H14O3Si/c1-5-7(12-10-4)11-8(9)6(2)3/h7H,2,5H2,1,3-4H3. The van der Waals surface area contributed by atoms with Crippen molar-refractivity contribution < 1.29 is 14.0 Å². The number of ether oxygens (including phenoxy) is 1. The minimum atomic E-state index is -0.341. The number of esters is 1. The smallest absolute Gasteiger partial charge is 0.333 e. The van der Waals surface area contributed by atoms with Crippen LogP contribution in [0.25, 0.3) is 0 Å². The van der Waals surface area contributed by atoms with E-state index < -0.39 is 0 Å². The van der Waals surface area contributed by atoms with Gasteiger partial charge in [0, 0.05) is 12.7 Å². The van der Waals surface area contributed by atoms with Crippen LogP contribution in [0.15, 0.2) is 12.2 Å². The highest BCUT2D eigenvalue weighted by molar-refractivity contribution is 6.29. The van der Waals surface area contributed by atoms with Gasteiger partial charge in [-0.3, -0.25) is 0 Å². The maximum atomic E-state index is 11.0. The van der Waals surface area contributed by atoms with Crippen LogP contribution in [0, 0.1) is 0 Å². The molecule has 68 valence electrons. The average molecular weight is 186 g/mol. The zero-order valence-corrected chi connectivity index (χ0v) is 8.72. The summed E-state index contributed by atoms with van der Waals surface area (Å²) < 4.78 is 9.95. The van der Waals surface area contributed by atoms with Crippen molar-refractivity contribution in [1.82, 2.24) is 0 Å². The van der Waals surface area contributed by atoms with Crippen LogP contribution in [-0.2, 0) is 14.0 Å². The number of rotatable bonds is 5. The van der Waals surface area contributed by atoms with Crippen molar-refractivity contribution >= 4 is 15.7 Å². The van der Waals surface area contributed by atoms with Crippen LogP contribution in [0.2, 0.25) is 0 Å². The van der Waals surface area contributed by atoms with Gasteiger partial charge in [0.2, 0.25) is 0 Å². The number of hydrogen-bond acceptors (Lipinski definition) is 3. The Morgan fingerprint density at radius 2 is 2.25 bits per heavy atom. The summed E-state index contributed by atoms with van der Waals surface area (Å²) >= 11 is 0. The van der Waals surface area contributed by atoms with Crippen molar-refractivity contribution in [2.45, 2.75) is 26.0 Å².